The number of nitrogens with one attached hydrogen (secondary N) is 1. The number of hydrogen-bond donors (Lipinski definition) is 1. The number of carbonyl (C=O) groups is 4. The number of carbonyl (C=O) groups excluding carboxylic acids is 4. The fourth-order valence-electron chi connectivity index (χ4n) is 8.95. The summed E-state index contributed by atoms with van der Waals surface area (Å²) in [5.74, 6) is -4.09. The molecule has 2 aliphatic heterocycles. The number of ether oxygens (including phenoxy) is 5. The van der Waals surface area contributed by atoms with E-state index in [-0.39, 0.29) is 37.8 Å². The molecular weight excluding hydrogens is 910 g/mol. The number of sulfonamides is 1. The Morgan fingerprint density at radius 2 is 1.78 bits per heavy atom. The third-order valence-corrected chi connectivity index (χ3v) is 15.8. The van der Waals surface area contributed by atoms with Crippen molar-refractivity contribution in [2.45, 2.75) is 153 Å². The number of allylic oxidation sites excluding steroid dienone is 2. The second-order valence-corrected chi connectivity index (χ2v) is 21.8. The molecule has 2 aromatic heterocycles. The number of fused-ring (bicyclic) bond motifs is 3. The molecule has 3 aromatic rings. The molecule has 0 bridgehead atoms. The molecule has 370 valence electrons. The van der Waals surface area contributed by atoms with Gasteiger partial charge in [-0.1, -0.05) is 19.1 Å². The van der Waals surface area contributed by atoms with Gasteiger partial charge in [-0.05, 0) is 128 Å². The molecule has 2 saturated carbocycles. The van der Waals surface area contributed by atoms with Crippen molar-refractivity contribution in [1.82, 2.24) is 19.6 Å². The Bertz CT molecular complexity index is 2550. The van der Waals surface area contributed by atoms with Gasteiger partial charge in [-0.15, -0.1) is 0 Å². The molecule has 2 aliphatic carbocycles. The number of pyridine rings is 2. The first-order valence-electron chi connectivity index (χ1n) is 23.2. The zero-order chi connectivity index (χ0) is 49.6. The van der Waals surface area contributed by atoms with Gasteiger partial charge < -0.3 is 28.6 Å². The fraction of sp³-hybridized carbons (Fsp3) is 0.592. The number of rotatable bonds is 13. The Balaban J connectivity index is 1.28. The first kappa shape index (κ1) is 50.6. The van der Waals surface area contributed by atoms with Gasteiger partial charge in [0.2, 0.25) is 33.3 Å². The summed E-state index contributed by atoms with van der Waals surface area (Å²) < 4.78 is 99.1. The van der Waals surface area contributed by atoms with Gasteiger partial charge in [0, 0.05) is 18.2 Å². The van der Waals surface area contributed by atoms with Crippen LogP contribution in [-0.2, 0) is 38.7 Å². The van der Waals surface area contributed by atoms with Crippen LogP contribution in [0.1, 0.15) is 106 Å². The molecular formula is C49H61F3N4O11S. The molecule has 2 amide bonds. The Morgan fingerprint density at radius 3 is 2.41 bits per heavy atom. The van der Waals surface area contributed by atoms with E-state index in [9.17, 15) is 36.0 Å². The number of nitrogens with zero attached hydrogens (tertiary/aromatic N) is 3. The fourth-order valence-corrected chi connectivity index (χ4v) is 10.3. The minimum absolute atomic E-state index is 0.0832. The summed E-state index contributed by atoms with van der Waals surface area (Å²) in [6, 6.07) is 9.31. The van der Waals surface area contributed by atoms with Crippen molar-refractivity contribution in [1.29, 1.82) is 0 Å². The average molecular weight is 971 g/mol. The van der Waals surface area contributed by atoms with Gasteiger partial charge in [0.15, 0.2) is 5.78 Å². The second-order valence-electron chi connectivity index (χ2n) is 19.6. The Kier molecular flexibility index (Phi) is 14.3. The maximum atomic E-state index is 15.2. The molecule has 4 heterocycles. The molecule has 0 radical (unpaired) electrons. The van der Waals surface area contributed by atoms with Crippen LogP contribution in [0, 0.1) is 17.3 Å². The summed E-state index contributed by atoms with van der Waals surface area (Å²) in [4.78, 5) is 68.5. The van der Waals surface area contributed by atoms with Gasteiger partial charge in [-0.2, -0.15) is 13.2 Å². The predicted molar refractivity (Wildman–Crippen MR) is 244 cm³/mol. The maximum Gasteiger partial charge on any atom is 0.427 e. The van der Waals surface area contributed by atoms with E-state index < -0.39 is 105 Å². The van der Waals surface area contributed by atoms with Crippen molar-refractivity contribution >= 4 is 44.4 Å². The monoisotopic (exact) mass is 970 g/mol. The number of esters is 1. The number of benzene rings is 1. The third kappa shape index (κ3) is 10.8. The van der Waals surface area contributed by atoms with Crippen molar-refractivity contribution in [3.05, 3.63) is 54.7 Å². The van der Waals surface area contributed by atoms with Gasteiger partial charge in [0.1, 0.15) is 17.6 Å². The lowest BCUT2D eigenvalue weighted by Gasteiger charge is -2.34. The average Bonchev–Trinajstić information content (AvgIpc) is 4.15. The Hall–Kier alpha value is -5.30. The highest BCUT2D eigenvalue weighted by Gasteiger charge is 2.63. The van der Waals surface area contributed by atoms with E-state index in [0.717, 1.165) is 0 Å². The number of hydrogen-bond acceptors (Lipinski definition) is 13. The van der Waals surface area contributed by atoms with Crippen LogP contribution < -0.4 is 18.9 Å². The highest BCUT2D eigenvalue weighted by atomic mass is 32.2. The summed E-state index contributed by atoms with van der Waals surface area (Å²) in [5, 5.41) is 1.23. The second kappa shape index (κ2) is 19.2. The van der Waals surface area contributed by atoms with Crippen molar-refractivity contribution in [3.63, 3.8) is 0 Å². The van der Waals surface area contributed by atoms with Crippen molar-refractivity contribution < 1.29 is 64.5 Å². The van der Waals surface area contributed by atoms with E-state index >= 15 is 4.79 Å². The summed E-state index contributed by atoms with van der Waals surface area (Å²) >= 11 is 0. The quantitative estimate of drug-likeness (QED) is 0.129. The van der Waals surface area contributed by atoms with Crippen molar-refractivity contribution in [2.24, 2.45) is 17.3 Å². The number of aromatic nitrogens is 2. The maximum absolute atomic E-state index is 15.2. The molecule has 3 fully saturated rings. The topological polar surface area (TPSA) is 190 Å². The largest absolute Gasteiger partial charge is 0.497 e. The van der Waals surface area contributed by atoms with Crippen molar-refractivity contribution in [2.75, 3.05) is 13.7 Å². The Morgan fingerprint density at radius 1 is 1.06 bits per heavy atom. The molecule has 1 N–H and O–H groups in total. The smallest absolute Gasteiger partial charge is 0.427 e. The highest BCUT2D eigenvalue weighted by molar-refractivity contribution is 7.91. The van der Waals surface area contributed by atoms with E-state index in [2.05, 4.69) is 9.71 Å². The predicted octanol–water partition coefficient (Wildman–Crippen LogP) is 7.83. The number of halogens is 3. The van der Waals surface area contributed by atoms with Gasteiger partial charge >= 0.3 is 12.1 Å². The van der Waals surface area contributed by atoms with Crippen molar-refractivity contribution in [3.8, 4) is 28.8 Å². The molecule has 4 aliphatic rings. The van der Waals surface area contributed by atoms with Crippen LogP contribution in [0.5, 0.6) is 17.4 Å². The van der Waals surface area contributed by atoms with Crippen LogP contribution in [0.4, 0.5) is 13.2 Å². The van der Waals surface area contributed by atoms with Gasteiger partial charge in [0.05, 0.1) is 78.1 Å². The minimum atomic E-state index is -4.92. The van der Waals surface area contributed by atoms with E-state index in [1.54, 1.807) is 57.3 Å². The molecule has 68 heavy (non-hydrogen) atoms. The zero-order valence-corrected chi connectivity index (χ0v) is 40.5. The number of amides is 2. The number of methoxy groups -OCH3 is 1. The van der Waals surface area contributed by atoms with Gasteiger partial charge in [-0.3, -0.25) is 28.9 Å². The molecule has 7 rings (SSSR count). The first-order chi connectivity index (χ1) is 31.9. The number of Topliss-reactive ketones (excluding diaryl/α,β-unsaturated/α-hetero) is 1. The van der Waals surface area contributed by atoms with Crippen LogP contribution in [0.2, 0.25) is 0 Å². The van der Waals surface area contributed by atoms with E-state index in [1.165, 1.54) is 12.0 Å². The summed E-state index contributed by atoms with van der Waals surface area (Å²) in [7, 11) is -2.56. The lowest BCUT2D eigenvalue weighted by atomic mass is 9.90. The Labute approximate surface area is 394 Å². The van der Waals surface area contributed by atoms with Gasteiger partial charge in [0.25, 0.3) is 0 Å². The van der Waals surface area contributed by atoms with Crippen LogP contribution in [0.25, 0.3) is 22.2 Å². The van der Waals surface area contributed by atoms with E-state index in [4.69, 9.17) is 28.7 Å². The third-order valence-electron chi connectivity index (χ3n) is 13.6. The first-order valence-corrected chi connectivity index (χ1v) is 24.7. The number of ketones is 1. The molecule has 1 aromatic carbocycles. The lowest BCUT2D eigenvalue weighted by Crippen LogP contribution is -2.50. The lowest BCUT2D eigenvalue weighted by molar-refractivity contribution is -0.258. The van der Waals surface area contributed by atoms with Crippen LogP contribution >= 0.6 is 0 Å². The number of alkyl halides is 3. The SMILES string of the molecule is CC[C@@H]1O[C@H](C)CC/C=C\[C@@H]2C[C@@]2(C(=O)NS(=O)(=O)C2(C)CC2)CC(=O)[C@@H]2C[C@@H](Oc3nc(-c4ccc(OC(C)C)cn4)cc4cc(OC)ccc34)CN2C(=O)[C@H]1CC(=O)OC(C)(C)C(F)(F)F. The molecule has 0 unspecified atom stereocenters. The standard InChI is InChI=1S/C49H61F3N4O11S/c1-9-41-36(23-42(58)67-46(5,6)49(50,51)52)44(59)56-27-34(66-43-35-16-14-32(63-8)20-30(35)21-38(54-43)37-17-15-33(26-53-37)64-28(2)3)22-39(56)40(57)25-48(24-31(48)13-11-10-12-29(4)65-41)45(60)55-68(61,62)47(7)18-19-47/h11,13-17,20-21,26,28-29,31,34,36,39,41H,9-10,12,18-19,22-25,27H2,1-8H3,(H,55,60)/b13-11-/t29-,31-,34-,36+,39+,41+,48-/m1/s1. The summed E-state index contributed by atoms with van der Waals surface area (Å²) in [6.07, 6.45) is -1.58. The minimum Gasteiger partial charge on any atom is -0.497 e. The zero-order valence-electron chi connectivity index (χ0n) is 39.7. The molecule has 1 saturated heterocycles. The van der Waals surface area contributed by atoms with E-state index in [1.807, 2.05) is 32.1 Å². The summed E-state index contributed by atoms with van der Waals surface area (Å²) in [5.41, 5.74) is -3.43. The van der Waals surface area contributed by atoms with Crippen LogP contribution in [-0.4, -0.2) is 107 Å². The molecule has 15 nitrogen and oxygen atoms in total. The molecule has 0 spiro atoms. The van der Waals surface area contributed by atoms with Crippen LogP contribution in [0.3, 0.4) is 0 Å². The van der Waals surface area contributed by atoms with Crippen LogP contribution in [0.15, 0.2) is 54.7 Å². The molecule has 7 atom stereocenters. The summed E-state index contributed by atoms with van der Waals surface area (Å²) in [6.45, 7) is 10.0. The normalized spacial score (nSPS) is 27.0. The highest BCUT2D eigenvalue weighted by Crippen LogP contribution is 2.58. The molecule has 19 heteroatoms. The van der Waals surface area contributed by atoms with Gasteiger partial charge in [-0.25, -0.2) is 13.4 Å². The van der Waals surface area contributed by atoms with E-state index in [0.29, 0.717) is 73.2 Å².